The number of nitro benzene ring substituents is 1. The van der Waals surface area contributed by atoms with Gasteiger partial charge in [-0.1, -0.05) is 117 Å². The summed E-state index contributed by atoms with van der Waals surface area (Å²) >= 11 is 0. The van der Waals surface area contributed by atoms with Gasteiger partial charge < -0.3 is 9.80 Å². The maximum absolute atomic E-state index is 14.8. The van der Waals surface area contributed by atoms with Gasteiger partial charge in [-0.15, -0.1) is 0 Å². The molecule has 0 heterocycles. The molecule has 10 aromatic rings. The molecular formula is C57H39F2N3O2. The van der Waals surface area contributed by atoms with Crippen LogP contribution in [0.1, 0.15) is 25.0 Å². The molecule has 1 aliphatic carbocycles. The summed E-state index contributed by atoms with van der Waals surface area (Å²) in [6.07, 6.45) is 0. The summed E-state index contributed by atoms with van der Waals surface area (Å²) in [6, 6.07) is 63.0. The Morgan fingerprint density at radius 3 is 1.50 bits per heavy atom. The number of halogens is 2. The fourth-order valence-electron chi connectivity index (χ4n) is 10.1. The monoisotopic (exact) mass is 835 g/mol. The van der Waals surface area contributed by atoms with Crippen molar-refractivity contribution in [3.8, 4) is 22.3 Å². The SMILES string of the molecule is CC1(C)c2cc(N(c3ccccc3)c3cccc(F)c3)ccc2-c2c1c1ccccc1c1cc(-c3ccc(N(c4ccccc4)c4cccc(F)c4)cc3[N+](=O)[O-])c3ccccc3c21. The highest BCUT2D eigenvalue weighted by Gasteiger charge is 2.40. The van der Waals surface area contributed by atoms with Gasteiger partial charge >= 0.3 is 0 Å². The third-order valence-corrected chi connectivity index (χ3v) is 12.7. The van der Waals surface area contributed by atoms with Gasteiger partial charge in [0.05, 0.1) is 16.2 Å². The van der Waals surface area contributed by atoms with Crippen LogP contribution in [0.3, 0.4) is 0 Å². The van der Waals surface area contributed by atoms with Crippen molar-refractivity contribution < 1.29 is 13.7 Å². The quantitative estimate of drug-likeness (QED) is 0.0869. The third-order valence-electron chi connectivity index (χ3n) is 12.7. The van der Waals surface area contributed by atoms with Crippen molar-refractivity contribution in [2.24, 2.45) is 0 Å². The zero-order chi connectivity index (χ0) is 43.7. The van der Waals surface area contributed by atoms with Crippen molar-refractivity contribution in [3.05, 3.63) is 233 Å². The first-order chi connectivity index (χ1) is 31.2. The molecular weight excluding hydrogens is 797 g/mol. The number of hydrogen-bond acceptors (Lipinski definition) is 4. The fraction of sp³-hybridized carbons (Fsp3) is 0.0526. The fourth-order valence-corrected chi connectivity index (χ4v) is 10.1. The first-order valence-corrected chi connectivity index (χ1v) is 21.2. The molecule has 308 valence electrons. The molecule has 11 rings (SSSR count). The Kier molecular flexibility index (Phi) is 9.10. The standard InChI is InChI=1S/C57H39F2N3O2/c1-57(2)52-33-42(60(38-17-5-3-6-18-38)40-21-13-15-36(58)31-40)28-30-49(52)55-54-47-25-11-9-23-44(47)50(35-51(54)45-24-10-12-26-48(45)56(55)57)46-29-27-43(34-53(46)62(63)64)61(39-19-7-4-8-20-39)41-22-14-16-37(59)32-41/h3-35H,1-2H3. The van der Waals surface area contributed by atoms with Crippen molar-refractivity contribution in [1.82, 2.24) is 0 Å². The molecule has 0 N–H and O–H groups in total. The molecule has 0 spiro atoms. The maximum atomic E-state index is 14.8. The molecule has 1 aliphatic rings. The number of rotatable bonds is 8. The maximum Gasteiger partial charge on any atom is 0.279 e. The van der Waals surface area contributed by atoms with Crippen LogP contribution < -0.4 is 9.80 Å². The molecule has 0 atom stereocenters. The molecule has 5 nitrogen and oxygen atoms in total. The van der Waals surface area contributed by atoms with Gasteiger partial charge in [-0.25, -0.2) is 8.78 Å². The van der Waals surface area contributed by atoms with E-state index in [4.69, 9.17) is 0 Å². The lowest BCUT2D eigenvalue weighted by Gasteiger charge is -2.28. The zero-order valence-corrected chi connectivity index (χ0v) is 35.0. The molecule has 10 aromatic carbocycles. The Morgan fingerprint density at radius 1 is 0.438 bits per heavy atom. The van der Waals surface area contributed by atoms with Crippen LogP contribution in [0.4, 0.5) is 48.6 Å². The smallest absolute Gasteiger partial charge is 0.279 e. The summed E-state index contributed by atoms with van der Waals surface area (Å²) in [5.74, 6) is -0.716. The van der Waals surface area contributed by atoms with Crippen molar-refractivity contribution in [1.29, 1.82) is 0 Å². The molecule has 0 fully saturated rings. The van der Waals surface area contributed by atoms with Crippen LogP contribution >= 0.6 is 0 Å². The van der Waals surface area contributed by atoms with E-state index in [1.54, 1.807) is 30.3 Å². The topological polar surface area (TPSA) is 49.6 Å². The number of benzene rings is 10. The van der Waals surface area contributed by atoms with Gasteiger partial charge in [-0.2, -0.15) is 0 Å². The van der Waals surface area contributed by atoms with Crippen molar-refractivity contribution >= 4 is 72.1 Å². The predicted molar refractivity (Wildman–Crippen MR) is 258 cm³/mol. The zero-order valence-electron chi connectivity index (χ0n) is 35.0. The van der Waals surface area contributed by atoms with Crippen molar-refractivity contribution in [2.45, 2.75) is 19.3 Å². The Hall–Kier alpha value is -8.16. The van der Waals surface area contributed by atoms with Gasteiger partial charge in [0.2, 0.25) is 0 Å². The van der Waals surface area contributed by atoms with Crippen LogP contribution in [0.25, 0.3) is 54.6 Å². The Morgan fingerprint density at radius 2 is 0.922 bits per heavy atom. The van der Waals surface area contributed by atoms with Gasteiger partial charge in [0.15, 0.2) is 0 Å². The summed E-state index contributed by atoms with van der Waals surface area (Å²) < 4.78 is 29.5. The highest BCUT2D eigenvalue weighted by atomic mass is 19.1. The lowest BCUT2D eigenvalue weighted by atomic mass is 9.78. The molecule has 0 aromatic heterocycles. The summed E-state index contributed by atoms with van der Waals surface area (Å²) in [7, 11) is 0. The highest BCUT2D eigenvalue weighted by Crippen LogP contribution is 2.57. The molecule has 0 saturated heterocycles. The van der Waals surface area contributed by atoms with Crippen LogP contribution in [-0.2, 0) is 5.41 Å². The van der Waals surface area contributed by atoms with E-state index in [2.05, 4.69) is 73.3 Å². The van der Waals surface area contributed by atoms with E-state index in [0.29, 0.717) is 16.9 Å². The number of hydrogen-bond donors (Lipinski definition) is 0. The summed E-state index contributed by atoms with van der Waals surface area (Å²) in [5, 5.41) is 19.4. The second-order valence-corrected chi connectivity index (χ2v) is 16.8. The summed E-state index contributed by atoms with van der Waals surface area (Å²) in [5.41, 5.74) is 9.68. The van der Waals surface area contributed by atoms with E-state index in [-0.39, 0.29) is 16.4 Å². The van der Waals surface area contributed by atoms with Crippen LogP contribution in [0.2, 0.25) is 0 Å². The van der Waals surface area contributed by atoms with E-state index in [0.717, 1.165) is 77.3 Å². The Labute approximate surface area is 368 Å². The van der Waals surface area contributed by atoms with Gasteiger partial charge in [-0.3, -0.25) is 10.1 Å². The van der Waals surface area contributed by atoms with Crippen LogP contribution in [0.15, 0.2) is 200 Å². The molecule has 0 radical (unpaired) electrons. The van der Waals surface area contributed by atoms with E-state index in [1.807, 2.05) is 102 Å². The number of anilines is 6. The number of fused-ring (bicyclic) bond motifs is 10. The largest absolute Gasteiger partial charge is 0.310 e. The van der Waals surface area contributed by atoms with Gasteiger partial charge in [0, 0.05) is 39.9 Å². The Balaban J connectivity index is 1.15. The van der Waals surface area contributed by atoms with E-state index >= 15 is 0 Å². The lowest BCUT2D eigenvalue weighted by molar-refractivity contribution is -0.384. The molecule has 0 bridgehead atoms. The minimum atomic E-state index is -0.445. The van der Waals surface area contributed by atoms with Gasteiger partial charge in [0.25, 0.3) is 5.69 Å². The van der Waals surface area contributed by atoms with Crippen LogP contribution in [-0.4, -0.2) is 4.92 Å². The predicted octanol–water partition coefficient (Wildman–Crippen LogP) is 16.2. The lowest BCUT2D eigenvalue weighted by Crippen LogP contribution is -2.17. The van der Waals surface area contributed by atoms with Crippen LogP contribution in [0.5, 0.6) is 0 Å². The Bertz CT molecular complexity index is 3500. The number of nitrogens with zero attached hydrogens (tertiary/aromatic N) is 3. The van der Waals surface area contributed by atoms with Crippen molar-refractivity contribution in [3.63, 3.8) is 0 Å². The van der Waals surface area contributed by atoms with Crippen LogP contribution in [0, 0.1) is 21.7 Å². The van der Waals surface area contributed by atoms with Gasteiger partial charge in [-0.05, 0) is 151 Å². The molecule has 0 saturated carbocycles. The van der Waals surface area contributed by atoms with E-state index in [1.165, 1.54) is 23.8 Å². The minimum Gasteiger partial charge on any atom is -0.310 e. The molecule has 64 heavy (non-hydrogen) atoms. The second-order valence-electron chi connectivity index (χ2n) is 16.8. The summed E-state index contributed by atoms with van der Waals surface area (Å²) in [4.78, 5) is 16.8. The first kappa shape index (κ1) is 38.7. The molecule has 0 unspecified atom stereocenters. The molecule has 7 heteroatoms. The first-order valence-electron chi connectivity index (χ1n) is 21.2. The second kappa shape index (κ2) is 15.0. The van der Waals surface area contributed by atoms with Gasteiger partial charge in [0.1, 0.15) is 11.6 Å². The minimum absolute atomic E-state index is 0.0647. The van der Waals surface area contributed by atoms with E-state index < -0.39 is 11.2 Å². The average molecular weight is 836 g/mol. The third kappa shape index (κ3) is 6.19. The molecule has 0 aliphatic heterocycles. The number of para-hydroxylation sites is 2. The van der Waals surface area contributed by atoms with Crippen molar-refractivity contribution in [2.75, 3.05) is 9.80 Å². The normalized spacial score (nSPS) is 12.6. The number of nitro groups is 1. The van der Waals surface area contributed by atoms with E-state index in [9.17, 15) is 18.9 Å². The highest BCUT2D eigenvalue weighted by molar-refractivity contribution is 6.28. The molecule has 0 amide bonds. The summed E-state index contributed by atoms with van der Waals surface area (Å²) in [6.45, 7) is 4.55. The average Bonchev–Trinajstić information content (AvgIpc) is 3.55.